The van der Waals surface area contributed by atoms with E-state index >= 15 is 0 Å². The third-order valence-corrected chi connectivity index (χ3v) is 5.04. The Labute approximate surface area is 143 Å². The van der Waals surface area contributed by atoms with Crippen molar-refractivity contribution in [3.8, 4) is 5.75 Å². The van der Waals surface area contributed by atoms with E-state index in [9.17, 15) is 5.11 Å². The van der Waals surface area contributed by atoms with Gasteiger partial charge in [-0.25, -0.2) is 0 Å². The molecular formula is C16H17ClINO2. The van der Waals surface area contributed by atoms with E-state index in [1.807, 2.05) is 26.0 Å². The number of benzene rings is 1. The van der Waals surface area contributed by atoms with Gasteiger partial charge in [-0.05, 0) is 54.1 Å². The molecule has 1 N–H and O–H groups in total. The van der Waals surface area contributed by atoms with Crippen LogP contribution in [-0.2, 0) is 6.42 Å². The number of rotatable bonds is 4. The lowest BCUT2D eigenvalue weighted by atomic mass is 10.0. The van der Waals surface area contributed by atoms with Gasteiger partial charge in [0.25, 0.3) is 0 Å². The summed E-state index contributed by atoms with van der Waals surface area (Å²) in [4.78, 5) is 4.42. The molecule has 0 saturated carbocycles. The van der Waals surface area contributed by atoms with E-state index in [2.05, 4.69) is 27.6 Å². The third-order valence-electron chi connectivity index (χ3n) is 3.46. The second-order valence-electron chi connectivity index (χ2n) is 4.94. The van der Waals surface area contributed by atoms with Crippen LogP contribution in [0, 0.1) is 17.4 Å². The number of halogens is 2. The number of methoxy groups -OCH3 is 1. The molecule has 0 spiro atoms. The molecule has 1 aromatic carbocycles. The minimum atomic E-state index is -0.641. The van der Waals surface area contributed by atoms with E-state index in [1.165, 1.54) is 0 Å². The van der Waals surface area contributed by atoms with Crippen molar-refractivity contribution in [1.29, 1.82) is 0 Å². The lowest BCUT2D eigenvalue weighted by Gasteiger charge is -2.16. The lowest BCUT2D eigenvalue weighted by Crippen LogP contribution is -2.07. The van der Waals surface area contributed by atoms with Crippen LogP contribution in [0.25, 0.3) is 0 Å². The molecule has 1 aromatic heterocycles. The summed E-state index contributed by atoms with van der Waals surface area (Å²) in [7, 11) is 1.65. The Hall–Kier alpha value is -0.850. The van der Waals surface area contributed by atoms with Crippen LogP contribution in [0.3, 0.4) is 0 Å². The summed E-state index contributed by atoms with van der Waals surface area (Å²) in [6, 6.07) is 5.59. The summed E-state index contributed by atoms with van der Waals surface area (Å²) in [5.41, 5.74) is 3.58. The van der Waals surface area contributed by atoms with Gasteiger partial charge >= 0.3 is 0 Å². The van der Waals surface area contributed by atoms with Crippen LogP contribution in [0.5, 0.6) is 5.75 Å². The van der Waals surface area contributed by atoms with Gasteiger partial charge in [-0.2, -0.15) is 0 Å². The summed E-state index contributed by atoms with van der Waals surface area (Å²) in [6.45, 7) is 3.92. The molecule has 21 heavy (non-hydrogen) atoms. The Balaban J connectivity index is 2.27. The number of aliphatic hydroxyl groups is 1. The molecule has 0 fully saturated rings. The maximum atomic E-state index is 10.4. The minimum absolute atomic E-state index is 0.430. The fourth-order valence-corrected chi connectivity index (χ4v) is 2.82. The fourth-order valence-electron chi connectivity index (χ4n) is 2.30. The van der Waals surface area contributed by atoms with Gasteiger partial charge in [-0.3, -0.25) is 4.98 Å². The molecular weight excluding hydrogens is 401 g/mol. The molecule has 5 heteroatoms. The Morgan fingerprint density at radius 3 is 2.71 bits per heavy atom. The first-order valence-electron chi connectivity index (χ1n) is 6.56. The van der Waals surface area contributed by atoms with Gasteiger partial charge in [0.2, 0.25) is 0 Å². The van der Waals surface area contributed by atoms with Gasteiger partial charge in [0.05, 0.1) is 18.2 Å². The average Bonchev–Trinajstić information content (AvgIpc) is 2.45. The van der Waals surface area contributed by atoms with Gasteiger partial charge in [-0.15, -0.1) is 0 Å². The highest BCUT2D eigenvalue weighted by Crippen LogP contribution is 2.29. The van der Waals surface area contributed by atoms with Crippen molar-refractivity contribution < 1.29 is 9.84 Å². The first-order chi connectivity index (χ1) is 9.93. The van der Waals surface area contributed by atoms with E-state index in [-0.39, 0.29) is 0 Å². The molecule has 3 nitrogen and oxygen atoms in total. The fraction of sp³-hybridized carbons (Fsp3) is 0.312. The molecule has 0 aliphatic heterocycles. The van der Waals surface area contributed by atoms with E-state index < -0.39 is 6.10 Å². The van der Waals surface area contributed by atoms with Crippen molar-refractivity contribution in [3.05, 3.63) is 55.4 Å². The summed E-state index contributed by atoms with van der Waals surface area (Å²) in [6.07, 6.45) is 1.56. The zero-order valence-corrected chi connectivity index (χ0v) is 15.1. The monoisotopic (exact) mass is 417 g/mol. The predicted octanol–water partition coefficient (Wildman–Crippen LogP) is 4.24. The van der Waals surface area contributed by atoms with Crippen LogP contribution in [0.15, 0.2) is 24.4 Å². The molecule has 0 amide bonds. The first kappa shape index (κ1) is 16.5. The molecule has 2 aromatic rings. The molecule has 0 aliphatic carbocycles. The van der Waals surface area contributed by atoms with Gasteiger partial charge in [0, 0.05) is 33.0 Å². The van der Waals surface area contributed by atoms with Crippen molar-refractivity contribution in [3.63, 3.8) is 0 Å². The molecule has 2 rings (SSSR count). The number of aromatic nitrogens is 1. The number of aliphatic hydroxyl groups excluding tert-OH is 1. The molecule has 0 aliphatic rings. The quantitative estimate of drug-likeness (QED) is 0.757. The van der Waals surface area contributed by atoms with Gasteiger partial charge in [-0.1, -0.05) is 17.7 Å². The van der Waals surface area contributed by atoms with Gasteiger partial charge < -0.3 is 9.84 Å². The van der Waals surface area contributed by atoms with Crippen LogP contribution in [-0.4, -0.2) is 17.2 Å². The Bertz CT molecular complexity index is 661. The topological polar surface area (TPSA) is 42.4 Å². The molecule has 1 heterocycles. The Morgan fingerprint density at radius 1 is 1.38 bits per heavy atom. The van der Waals surface area contributed by atoms with E-state index in [1.54, 1.807) is 19.4 Å². The highest BCUT2D eigenvalue weighted by molar-refractivity contribution is 14.1. The average molecular weight is 418 g/mol. The minimum Gasteiger partial charge on any atom is -0.496 e. The van der Waals surface area contributed by atoms with E-state index in [0.29, 0.717) is 11.4 Å². The number of aryl methyl sites for hydroxylation is 1. The highest BCUT2D eigenvalue weighted by Gasteiger charge is 2.15. The largest absolute Gasteiger partial charge is 0.496 e. The SMILES string of the molecule is COc1c(C)cnc(CC(O)c2ccc(I)c(Cl)c2)c1C. The van der Waals surface area contributed by atoms with Crippen molar-refractivity contribution in [1.82, 2.24) is 4.98 Å². The van der Waals surface area contributed by atoms with Crippen molar-refractivity contribution in [2.45, 2.75) is 26.4 Å². The van der Waals surface area contributed by atoms with Gasteiger partial charge in [0.15, 0.2) is 0 Å². The van der Waals surface area contributed by atoms with Crippen LogP contribution in [0.4, 0.5) is 0 Å². The van der Waals surface area contributed by atoms with E-state index in [4.69, 9.17) is 16.3 Å². The molecule has 1 unspecified atom stereocenters. The maximum absolute atomic E-state index is 10.4. The number of nitrogens with zero attached hydrogens (tertiary/aromatic N) is 1. The molecule has 0 saturated heterocycles. The maximum Gasteiger partial charge on any atom is 0.128 e. The second kappa shape index (κ2) is 6.94. The first-order valence-corrected chi connectivity index (χ1v) is 8.01. The number of hydrogen-bond acceptors (Lipinski definition) is 3. The van der Waals surface area contributed by atoms with Crippen LogP contribution >= 0.6 is 34.2 Å². The molecule has 112 valence electrons. The summed E-state index contributed by atoms with van der Waals surface area (Å²) >= 11 is 8.27. The van der Waals surface area contributed by atoms with Crippen LogP contribution < -0.4 is 4.74 Å². The van der Waals surface area contributed by atoms with E-state index in [0.717, 1.165) is 31.7 Å². The van der Waals surface area contributed by atoms with Crippen molar-refractivity contribution in [2.75, 3.05) is 7.11 Å². The smallest absolute Gasteiger partial charge is 0.128 e. The Morgan fingerprint density at radius 2 is 2.10 bits per heavy atom. The van der Waals surface area contributed by atoms with Crippen molar-refractivity contribution in [2.24, 2.45) is 0 Å². The normalized spacial score (nSPS) is 12.3. The highest BCUT2D eigenvalue weighted by atomic mass is 127. The standard InChI is InChI=1S/C16H17ClINO2/c1-9-8-19-14(10(2)16(9)21-3)7-15(20)11-4-5-13(18)12(17)6-11/h4-6,8,15,20H,7H2,1-3H3. The predicted molar refractivity (Wildman–Crippen MR) is 93.1 cm³/mol. The zero-order chi connectivity index (χ0) is 15.6. The zero-order valence-electron chi connectivity index (χ0n) is 12.2. The van der Waals surface area contributed by atoms with Crippen molar-refractivity contribution >= 4 is 34.2 Å². The molecule has 0 bridgehead atoms. The lowest BCUT2D eigenvalue weighted by molar-refractivity contribution is 0.177. The molecule has 1 atom stereocenters. The number of pyridine rings is 1. The van der Waals surface area contributed by atoms with Gasteiger partial charge in [0.1, 0.15) is 5.75 Å². The summed E-state index contributed by atoms with van der Waals surface area (Å²) < 4.78 is 6.36. The number of ether oxygens (including phenoxy) is 1. The number of hydrogen-bond donors (Lipinski definition) is 1. The summed E-state index contributed by atoms with van der Waals surface area (Å²) in [5.74, 6) is 0.827. The van der Waals surface area contributed by atoms with Crippen LogP contribution in [0.2, 0.25) is 5.02 Å². The second-order valence-corrected chi connectivity index (χ2v) is 6.51. The Kier molecular flexibility index (Phi) is 5.46. The van der Waals surface area contributed by atoms with Crippen LogP contribution in [0.1, 0.15) is 28.5 Å². The third kappa shape index (κ3) is 3.67. The summed E-state index contributed by atoms with van der Waals surface area (Å²) in [5, 5.41) is 11.1. The molecule has 0 radical (unpaired) electrons.